The van der Waals surface area contributed by atoms with E-state index in [1.165, 1.54) is 0 Å². The summed E-state index contributed by atoms with van der Waals surface area (Å²) >= 11 is 9.19. The van der Waals surface area contributed by atoms with Crippen molar-refractivity contribution in [3.63, 3.8) is 0 Å². The van der Waals surface area contributed by atoms with Crippen LogP contribution in [0.1, 0.15) is 5.56 Å². The van der Waals surface area contributed by atoms with Gasteiger partial charge in [-0.3, -0.25) is 0 Å². The maximum absolute atomic E-state index is 5.87. The number of aryl methyl sites for hydroxylation is 1. The minimum atomic E-state index is 0.347. The van der Waals surface area contributed by atoms with Crippen molar-refractivity contribution in [2.75, 3.05) is 5.73 Å². The van der Waals surface area contributed by atoms with Gasteiger partial charge in [0.15, 0.2) is 11.6 Å². The van der Waals surface area contributed by atoms with Gasteiger partial charge >= 0.3 is 0 Å². The van der Waals surface area contributed by atoms with Crippen LogP contribution in [0.3, 0.4) is 0 Å². The van der Waals surface area contributed by atoms with E-state index in [1.807, 2.05) is 19.1 Å². The first-order valence-electron chi connectivity index (χ1n) is 4.26. The molecule has 78 valence electrons. The Bertz CT molecular complexity index is 510. The van der Waals surface area contributed by atoms with Gasteiger partial charge in [-0.1, -0.05) is 16.8 Å². The lowest BCUT2D eigenvalue weighted by atomic mass is 10.1. The monoisotopic (exact) mass is 286 g/mol. The number of halogens is 2. The maximum Gasteiger partial charge on any atom is 0.183 e. The number of hydrogen-bond acceptors (Lipinski definition) is 3. The Balaban J connectivity index is 2.59. The summed E-state index contributed by atoms with van der Waals surface area (Å²) in [5.41, 5.74) is 7.52. The van der Waals surface area contributed by atoms with Crippen LogP contribution in [0.25, 0.3) is 11.3 Å². The van der Waals surface area contributed by atoms with E-state index >= 15 is 0 Å². The van der Waals surface area contributed by atoms with E-state index in [-0.39, 0.29) is 0 Å². The lowest BCUT2D eigenvalue weighted by Crippen LogP contribution is -1.84. The van der Waals surface area contributed by atoms with Crippen LogP contribution in [0.2, 0.25) is 5.02 Å². The van der Waals surface area contributed by atoms with Crippen LogP contribution in [0, 0.1) is 6.92 Å². The summed E-state index contributed by atoms with van der Waals surface area (Å²) in [6.07, 6.45) is 0. The maximum atomic E-state index is 5.87. The van der Waals surface area contributed by atoms with Gasteiger partial charge in [0.05, 0.1) is 0 Å². The van der Waals surface area contributed by atoms with E-state index in [0.717, 1.165) is 11.1 Å². The van der Waals surface area contributed by atoms with E-state index < -0.39 is 0 Å². The third-order valence-electron chi connectivity index (χ3n) is 2.09. The molecule has 0 aliphatic carbocycles. The Morgan fingerprint density at radius 3 is 2.73 bits per heavy atom. The molecule has 1 heterocycles. The smallest absolute Gasteiger partial charge is 0.183 e. The van der Waals surface area contributed by atoms with E-state index in [0.29, 0.717) is 21.1 Å². The van der Waals surface area contributed by atoms with Crippen LogP contribution >= 0.6 is 27.5 Å². The van der Waals surface area contributed by atoms with Gasteiger partial charge < -0.3 is 10.3 Å². The standard InChI is InChI=1S/C10H8BrClN2O/c1-5-4-6(12)2-3-7(5)9-8(11)10(13)14-15-9/h2-4H,1H3,(H2,13,14). The summed E-state index contributed by atoms with van der Waals surface area (Å²) in [6, 6.07) is 5.54. The Kier molecular flexibility index (Phi) is 2.71. The molecule has 0 saturated carbocycles. The molecule has 0 aliphatic heterocycles. The van der Waals surface area contributed by atoms with Crippen molar-refractivity contribution in [3.8, 4) is 11.3 Å². The lowest BCUT2D eigenvalue weighted by molar-refractivity contribution is 0.435. The number of aromatic nitrogens is 1. The van der Waals surface area contributed by atoms with Crippen molar-refractivity contribution in [2.45, 2.75) is 6.92 Å². The second-order valence-electron chi connectivity index (χ2n) is 3.17. The number of hydrogen-bond donors (Lipinski definition) is 1. The number of nitrogen functional groups attached to an aromatic ring is 1. The van der Waals surface area contributed by atoms with Crippen LogP contribution in [0.5, 0.6) is 0 Å². The van der Waals surface area contributed by atoms with Gasteiger partial charge in [-0.25, -0.2) is 0 Å². The SMILES string of the molecule is Cc1cc(Cl)ccc1-c1onc(N)c1Br. The average molecular weight is 288 g/mol. The van der Waals surface area contributed by atoms with Crippen molar-refractivity contribution in [2.24, 2.45) is 0 Å². The van der Waals surface area contributed by atoms with Crippen molar-refractivity contribution in [3.05, 3.63) is 33.3 Å². The highest BCUT2D eigenvalue weighted by Gasteiger charge is 2.14. The molecule has 0 saturated heterocycles. The zero-order valence-electron chi connectivity index (χ0n) is 7.92. The van der Waals surface area contributed by atoms with E-state index in [9.17, 15) is 0 Å². The fraction of sp³-hybridized carbons (Fsp3) is 0.100. The molecule has 1 aromatic heterocycles. The summed E-state index contributed by atoms with van der Waals surface area (Å²) in [5, 5.41) is 4.37. The highest BCUT2D eigenvalue weighted by Crippen LogP contribution is 2.34. The molecule has 5 heteroatoms. The van der Waals surface area contributed by atoms with Gasteiger partial charge in [0.25, 0.3) is 0 Å². The number of nitrogens with two attached hydrogens (primary N) is 1. The van der Waals surface area contributed by atoms with Crippen molar-refractivity contribution in [1.82, 2.24) is 5.16 Å². The predicted octanol–water partition coefficient (Wildman–Crippen LogP) is 3.65. The van der Waals surface area contributed by atoms with Crippen molar-refractivity contribution in [1.29, 1.82) is 0 Å². The summed E-state index contributed by atoms with van der Waals surface area (Å²) in [6.45, 7) is 1.95. The molecular formula is C10H8BrClN2O. The molecule has 2 aromatic rings. The molecule has 0 unspecified atom stereocenters. The van der Waals surface area contributed by atoms with Crippen molar-refractivity contribution < 1.29 is 4.52 Å². The number of benzene rings is 1. The average Bonchev–Trinajstić information content (AvgIpc) is 2.49. The Morgan fingerprint density at radius 1 is 1.47 bits per heavy atom. The van der Waals surface area contributed by atoms with Gasteiger partial charge in [0, 0.05) is 10.6 Å². The summed E-state index contributed by atoms with van der Waals surface area (Å²) in [4.78, 5) is 0. The molecule has 0 amide bonds. The first-order valence-corrected chi connectivity index (χ1v) is 5.44. The summed E-state index contributed by atoms with van der Waals surface area (Å²) < 4.78 is 5.81. The molecule has 2 rings (SSSR count). The largest absolute Gasteiger partial charge is 0.380 e. The fourth-order valence-corrected chi connectivity index (χ4v) is 1.93. The molecule has 0 radical (unpaired) electrons. The molecule has 0 atom stereocenters. The second-order valence-corrected chi connectivity index (χ2v) is 4.40. The van der Waals surface area contributed by atoms with Gasteiger partial charge in [-0.05, 0) is 46.6 Å². The highest BCUT2D eigenvalue weighted by atomic mass is 79.9. The normalized spacial score (nSPS) is 10.6. The molecule has 0 fully saturated rings. The number of nitrogens with zero attached hydrogens (tertiary/aromatic N) is 1. The third-order valence-corrected chi connectivity index (χ3v) is 3.09. The highest BCUT2D eigenvalue weighted by molar-refractivity contribution is 9.10. The molecule has 2 N–H and O–H groups in total. The van der Waals surface area contributed by atoms with Crippen LogP contribution in [-0.4, -0.2) is 5.16 Å². The van der Waals surface area contributed by atoms with E-state index in [2.05, 4.69) is 21.1 Å². The van der Waals surface area contributed by atoms with Crippen LogP contribution in [0.4, 0.5) is 5.82 Å². The first-order chi connectivity index (χ1) is 7.09. The van der Waals surface area contributed by atoms with Gasteiger partial charge in [0.1, 0.15) is 4.47 Å². The van der Waals surface area contributed by atoms with Gasteiger partial charge in [0.2, 0.25) is 0 Å². The van der Waals surface area contributed by atoms with Crippen LogP contribution in [-0.2, 0) is 0 Å². The zero-order chi connectivity index (χ0) is 11.0. The van der Waals surface area contributed by atoms with Gasteiger partial charge in [-0.2, -0.15) is 0 Å². The molecule has 0 bridgehead atoms. The summed E-state index contributed by atoms with van der Waals surface area (Å²) in [7, 11) is 0. The third kappa shape index (κ3) is 1.87. The number of rotatable bonds is 1. The predicted molar refractivity (Wildman–Crippen MR) is 63.8 cm³/mol. The molecule has 0 aliphatic rings. The molecule has 0 spiro atoms. The fourth-order valence-electron chi connectivity index (χ4n) is 1.34. The summed E-state index contributed by atoms with van der Waals surface area (Å²) in [5.74, 6) is 0.973. The lowest BCUT2D eigenvalue weighted by Gasteiger charge is -2.02. The minimum absolute atomic E-state index is 0.347. The van der Waals surface area contributed by atoms with Gasteiger partial charge in [-0.15, -0.1) is 0 Å². The molecule has 3 nitrogen and oxygen atoms in total. The Hall–Kier alpha value is -1.00. The van der Waals surface area contributed by atoms with Crippen LogP contribution in [0.15, 0.2) is 27.2 Å². The zero-order valence-corrected chi connectivity index (χ0v) is 10.3. The second kappa shape index (κ2) is 3.87. The quantitative estimate of drug-likeness (QED) is 0.871. The topological polar surface area (TPSA) is 52.0 Å². The Labute approximate surface area is 100 Å². The molecule has 1 aromatic carbocycles. The van der Waals surface area contributed by atoms with E-state index in [1.54, 1.807) is 6.07 Å². The van der Waals surface area contributed by atoms with Crippen molar-refractivity contribution >= 4 is 33.3 Å². The molecular weight excluding hydrogens is 279 g/mol. The molecule has 15 heavy (non-hydrogen) atoms. The minimum Gasteiger partial charge on any atom is -0.380 e. The number of anilines is 1. The first kappa shape index (κ1) is 10.5. The van der Waals surface area contributed by atoms with E-state index in [4.69, 9.17) is 21.9 Å². The van der Waals surface area contributed by atoms with Crippen LogP contribution < -0.4 is 5.73 Å². The Morgan fingerprint density at radius 2 is 2.20 bits per heavy atom.